The van der Waals surface area contributed by atoms with Crippen LogP contribution in [0.3, 0.4) is 0 Å². The fraction of sp³-hybridized carbons (Fsp3) is 0.353. The molecule has 0 radical (unpaired) electrons. The summed E-state index contributed by atoms with van der Waals surface area (Å²) in [7, 11) is 0. The van der Waals surface area contributed by atoms with Crippen LogP contribution in [0.25, 0.3) is 10.8 Å². The molecular formula is C17H18N2O3. The number of aromatic hydroxyl groups is 2. The highest BCUT2D eigenvalue weighted by Gasteiger charge is 2.18. The largest absolute Gasteiger partial charge is 0.507 e. The summed E-state index contributed by atoms with van der Waals surface area (Å²) in [6, 6.07) is 8.24. The van der Waals surface area contributed by atoms with Gasteiger partial charge in [0.25, 0.3) is 5.91 Å². The lowest BCUT2D eigenvalue weighted by Crippen LogP contribution is -2.01. The monoisotopic (exact) mass is 298 g/mol. The van der Waals surface area contributed by atoms with Crippen molar-refractivity contribution in [1.29, 1.82) is 0 Å². The van der Waals surface area contributed by atoms with E-state index in [0.29, 0.717) is 23.1 Å². The quantitative estimate of drug-likeness (QED) is 0.649. The second kappa shape index (κ2) is 6.13. The fourth-order valence-corrected chi connectivity index (χ4v) is 3.01. The summed E-state index contributed by atoms with van der Waals surface area (Å²) in [6.45, 7) is 0. The van der Waals surface area contributed by atoms with E-state index in [4.69, 9.17) is 0 Å². The minimum atomic E-state index is -0.279. The van der Waals surface area contributed by atoms with E-state index < -0.39 is 0 Å². The van der Waals surface area contributed by atoms with Crippen LogP contribution in [0.5, 0.6) is 11.5 Å². The highest BCUT2D eigenvalue weighted by Crippen LogP contribution is 2.40. The summed E-state index contributed by atoms with van der Waals surface area (Å²) in [4.78, 5) is 11.8. The third kappa shape index (κ3) is 2.93. The van der Waals surface area contributed by atoms with Gasteiger partial charge in [-0.25, -0.2) is 0 Å². The zero-order valence-electron chi connectivity index (χ0n) is 12.2. The first-order valence-corrected chi connectivity index (χ1v) is 7.53. The smallest absolute Gasteiger partial charge is 0.265 e. The molecule has 22 heavy (non-hydrogen) atoms. The number of phenols is 2. The van der Waals surface area contributed by atoms with Gasteiger partial charge in [0.1, 0.15) is 11.4 Å². The number of hydrogen-bond acceptors (Lipinski definition) is 4. The molecule has 2 aromatic rings. The van der Waals surface area contributed by atoms with E-state index in [0.717, 1.165) is 12.8 Å². The van der Waals surface area contributed by atoms with Gasteiger partial charge < -0.3 is 10.2 Å². The Kier molecular flexibility index (Phi) is 4.04. The predicted octanol–water partition coefficient (Wildman–Crippen LogP) is 4.44. The zero-order chi connectivity index (χ0) is 15.5. The molecule has 1 saturated carbocycles. The molecule has 0 heterocycles. The summed E-state index contributed by atoms with van der Waals surface area (Å²) in [5.41, 5.74) is 0.107. The minimum absolute atomic E-state index is 0.00518. The van der Waals surface area contributed by atoms with Gasteiger partial charge in [-0.1, -0.05) is 37.1 Å². The molecular weight excluding hydrogens is 280 g/mol. The molecule has 0 atom stereocenters. The average molecular weight is 298 g/mol. The molecule has 2 aromatic carbocycles. The van der Waals surface area contributed by atoms with E-state index in [-0.39, 0.29) is 23.1 Å². The first kappa shape index (κ1) is 14.5. The Labute approximate surface area is 128 Å². The van der Waals surface area contributed by atoms with Gasteiger partial charge >= 0.3 is 0 Å². The molecule has 0 bridgehead atoms. The molecule has 1 aliphatic carbocycles. The predicted molar refractivity (Wildman–Crippen MR) is 83.4 cm³/mol. The van der Waals surface area contributed by atoms with Gasteiger partial charge in [-0.2, -0.15) is 0 Å². The number of rotatable bonds is 3. The third-order valence-electron chi connectivity index (χ3n) is 4.18. The third-order valence-corrected chi connectivity index (χ3v) is 4.18. The summed E-state index contributed by atoms with van der Waals surface area (Å²) in [5, 5.41) is 28.7. The number of nitrogens with zero attached hydrogens (tertiary/aromatic N) is 2. The molecule has 1 aliphatic rings. The highest BCUT2D eigenvalue weighted by atomic mass is 16.3. The Balaban J connectivity index is 1.82. The first-order valence-electron chi connectivity index (χ1n) is 7.53. The molecule has 5 heteroatoms. The lowest BCUT2D eigenvalue weighted by atomic mass is 10.0. The van der Waals surface area contributed by atoms with Crippen LogP contribution in [-0.4, -0.2) is 16.1 Å². The second-order valence-electron chi connectivity index (χ2n) is 5.76. The van der Waals surface area contributed by atoms with Crippen molar-refractivity contribution in [3.63, 3.8) is 0 Å². The molecule has 5 nitrogen and oxygen atoms in total. The summed E-state index contributed by atoms with van der Waals surface area (Å²) in [6.07, 6.45) is 4.90. The van der Waals surface area contributed by atoms with E-state index >= 15 is 0 Å². The van der Waals surface area contributed by atoms with Crippen molar-refractivity contribution in [3.8, 4) is 11.5 Å². The van der Waals surface area contributed by atoms with Crippen molar-refractivity contribution >= 4 is 22.4 Å². The number of amides is 1. The molecule has 0 aromatic heterocycles. The standard InChI is InChI=1S/C17H18N2O3/c20-15-10-14(17(22)13-8-4-3-7-12(13)15)18-19-16(21)9-11-5-1-2-6-11/h3-4,7-8,10-11,20,22H,1-2,5-6,9H2. The SMILES string of the molecule is O=C(CC1CCCC1)N=Nc1cc(O)c2ccccc2c1O. The van der Waals surface area contributed by atoms with E-state index in [2.05, 4.69) is 10.2 Å². The molecule has 0 saturated heterocycles. The maximum atomic E-state index is 11.8. The lowest BCUT2D eigenvalue weighted by molar-refractivity contribution is -0.119. The van der Waals surface area contributed by atoms with Crippen LogP contribution in [0.2, 0.25) is 0 Å². The molecule has 0 unspecified atom stereocenters. The van der Waals surface area contributed by atoms with Gasteiger partial charge in [0.05, 0.1) is 0 Å². The topological polar surface area (TPSA) is 82.2 Å². The van der Waals surface area contributed by atoms with Crippen LogP contribution in [0.15, 0.2) is 40.6 Å². The van der Waals surface area contributed by atoms with E-state index in [1.54, 1.807) is 24.3 Å². The van der Waals surface area contributed by atoms with Crippen molar-refractivity contribution in [3.05, 3.63) is 30.3 Å². The lowest BCUT2D eigenvalue weighted by Gasteiger charge is -2.06. The molecule has 3 rings (SSSR count). The van der Waals surface area contributed by atoms with Crippen LogP contribution < -0.4 is 0 Å². The van der Waals surface area contributed by atoms with Gasteiger partial charge in [0.2, 0.25) is 0 Å². The van der Waals surface area contributed by atoms with Gasteiger partial charge in [-0.05, 0) is 18.8 Å². The Hall–Kier alpha value is -2.43. The molecule has 0 spiro atoms. The Bertz CT molecular complexity index is 734. The van der Waals surface area contributed by atoms with Gasteiger partial charge in [0, 0.05) is 23.3 Å². The first-order chi connectivity index (χ1) is 10.6. The highest BCUT2D eigenvalue weighted by molar-refractivity contribution is 5.96. The van der Waals surface area contributed by atoms with Gasteiger partial charge in [-0.3, -0.25) is 4.79 Å². The van der Waals surface area contributed by atoms with Crippen molar-refractivity contribution in [2.45, 2.75) is 32.1 Å². The Morgan fingerprint density at radius 2 is 1.82 bits per heavy atom. The van der Waals surface area contributed by atoms with Gasteiger partial charge in [-0.15, -0.1) is 10.2 Å². The number of phenolic OH excluding ortho intramolecular Hbond substituents is 2. The maximum Gasteiger partial charge on any atom is 0.265 e. The normalized spacial score (nSPS) is 15.8. The van der Waals surface area contributed by atoms with Crippen LogP contribution in [0.1, 0.15) is 32.1 Å². The Morgan fingerprint density at radius 3 is 2.55 bits per heavy atom. The number of carbonyl (C=O) groups excluding carboxylic acids is 1. The summed E-state index contributed by atoms with van der Waals surface area (Å²) < 4.78 is 0. The van der Waals surface area contributed by atoms with Crippen molar-refractivity contribution in [2.24, 2.45) is 16.1 Å². The van der Waals surface area contributed by atoms with E-state index in [9.17, 15) is 15.0 Å². The average Bonchev–Trinajstić information content (AvgIpc) is 3.02. The van der Waals surface area contributed by atoms with Crippen molar-refractivity contribution < 1.29 is 15.0 Å². The summed E-state index contributed by atoms with van der Waals surface area (Å²) >= 11 is 0. The van der Waals surface area contributed by atoms with Crippen LogP contribution in [-0.2, 0) is 4.79 Å². The van der Waals surface area contributed by atoms with Crippen molar-refractivity contribution in [1.82, 2.24) is 0 Å². The maximum absolute atomic E-state index is 11.8. The number of fused-ring (bicyclic) bond motifs is 1. The number of benzene rings is 2. The van der Waals surface area contributed by atoms with Crippen LogP contribution in [0, 0.1) is 5.92 Å². The molecule has 0 aliphatic heterocycles. The number of azo groups is 1. The molecule has 2 N–H and O–H groups in total. The second-order valence-corrected chi connectivity index (χ2v) is 5.76. The molecule has 114 valence electrons. The number of hydrogen-bond donors (Lipinski definition) is 2. The van der Waals surface area contributed by atoms with Crippen molar-refractivity contribution in [2.75, 3.05) is 0 Å². The van der Waals surface area contributed by atoms with E-state index in [1.807, 2.05) is 0 Å². The molecule has 1 fully saturated rings. The summed E-state index contributed by atoms with van der Waals surface area (Å²) in [5.74, 6) is 0.0559. The molecule has 1 amide bonds. The Morgan fingerprint density at radius 1 is 1.14 bits per heavy atom. The fourth-order valence-electron chi connectivity index (χ4n) is 3.01. The number of carbonyl (C=O) groups is 1. The minimum Gasteiger partial charge on any atom is -0.507 e. The van der Waals surface area contributed by atoms with E-state index in [1.165, 1.54) is 18.9 Å². The van der Waals surface area contributed by atoms with Crippen LogP contribution in [0.4, 0.5) is 5.69 Å². The van der Waals surface area contributed by atoms with Crippen LogP contribution >= 0.6 is 0 Å². The van der Waals surface area contributed by atoms with Gasteiger partial charge in [0.15, 0.2) is 5.75 Å². The zero-order valence-corrected chi connectivity index (χ0v) is 12.2.